The quantitative estimate of drug-likeness (QED) is 0.710. The Hall–Kier alpha value is -3.22. The van der Waals surface area contributed by atoms with Crippen LogP contribution in [0.1, 0.15) is 17.4 Å². The number of nitrogens with zero attached hydrogens (tertiary/aromatic N) is 2. The van der Waals surface area contributed by atoms with Gasteiger partial charge in [0.15, 0.2) is 0 Å². The molecule has 3 N–H and O–H groups in total. The van der Waals surface area contributed by atoms with E-state index in [9.17, 15) is 9.59 Å². The van der Waals surface area contributed by atoms with Crippen molar-refractivity contribution in [1.82, 2.24) is 15.3 Å². The normalized spacial score (nSPS) is 9.78. The number of aromatic nitrogens is 2. The van der Waals surface area contributed by atoms with Crippen LogP contribution in [0.5, 0.6) is 0 Å². The van der Waals surface area contributed by atoms with E-state index in [0.717, 1.165) is 5.69 Å². The lowest BCUT2D eigenvalue weighted by Gasteiger charge is -2.09. The van der Waals surface area contributed by atoms with Gasteiger partial charge in [-0.1, -0.05) is 12.1 Å². The number of hydrogen-bond acceptors (Lipinski definition) is 5. The van der Waals surface area contributed by atoms with Gasteiger partial charge in [0.1, 0.15) is 17.8 Å². The van der Waals surface area contributed by atoms with Gasteiger partial charge in [0.25, 0.3) is 5.91 Å². The molecule has 2 rings (SSSR count). The van der Waals surface area contributed by atoms with Crippen molar-refractivity contribution in [3.05, 3.63) is 55.0 Å². The molecule has 0 aliphatic carbocycles. The first-order chi connectivity index (χ1) is 11.1. The Kier molecular flexibility index (Phi) is 5.40. The highest BCUT2D eigenvalue weighted by atomic mass is 16.2. The maximum Gasteiger partial charge on any atom is 0.270 e. The fraction of sp³-hybridized carbons (Fsp3) is 0.125. The Morgan fingerprint density at radius 3 is 2.74 bits per heavy atom. The van der Waals surface area contributed by atoms with E-state index in [1.54, 1.807) is 30.3 Å². The van der Waals surface area contributed by atoms with Crippen molar-refractivity contribution in [2.24, 2.45) is 0 Å². The van der Waals surface area contributed by atoms with Crippen molar-refractivity contribution in [3.8, 4) is 0 Å². The molecule has 0 atom stereocenters. The molecule has 7 heteroatoms. The fourth-order valence-electron chi connectivity index (χ4n) is 1.83. The Bertz CT molecular complexity index is 730. The summed E-state index contributed by atoms with van der Waals surface area (Å²) in [6.45, 7) is 5.35. The molecule has 0 unspecified atom stereocenters. The van der Waals surface area contributed by atoms with E-state index in [2.05, 4.69) is 32.5 Å². The van der Waals surface area contributed by atoms with Crippen LogP contribution in [0.15, 0.2) is 49.3 Å². The van der Waals surface area contributed by atoms with Gasteiger partial charge in [0, 0.05) is 30.9 Å². The van der Waals surface area contributed by atoms with Crippen LogP contribution in [-0.2, 0) is 4.79 Å². The molecule has 0 bridgehead atoms. The molecule has 0 saturated heterocycles. The molecule has 7 nitrogen and oxygen atoms in total. The molecule has 0 spiro atoms. The molecule has 0 saturated carbocycles. The van der Waals surface area contributed by atoms with Gasteiger partial charge in [-0.05, 0) is 18.2 Å². The minimum absolute atomic E-state index is 0.148. The molecule has 0 aliphatic heterocycles. The zero-order valence-electron chi connectivity index (χ0n) is 12.7. The topological polar surface area (TPSA) is 96.0 Å². The molecule has 2 amide bonds. The summed E-state index contributed by atoms with van der Waals surface area (Å²) in [6.07, 6.45) is 2.90. The van der Waals surface area contributed by atoms with E-state index in [-0.39, 0.29) is 17.5 Å². The summed E-state index contributed by atoms with van der Waals surface area (Å²) in [5, 5.41) is 8.41. The molecule has 0 radical (unpaired) electrons. The van der Waals surface area contributed by atoms with Crippen LogP contribution in [0.3, 0.4) is 0 Å². The number of nitrogens with one attached hydrogen (secondary N) is 3. The summed E-state index contributed by atoms with van der Waals surface area (Å²) in [6, 6.07) is 8.71. The molecular weight excluding hydrogens is 294 g/mol. The molecule has 0 aliphatic rings. The summed E-state index contributed by atoms with van der Waals surface area (Å²) >= 11 is 0. The summed E-state index contributed by atoms with van der Waals surface area (Å²) < 4.78 is 0. The lowest BCUT2D eigenvalue weighted by Crippen LogP contribution is -2.24. The number of carbonyl (C=O) groups excluding carboxylic acids is 2. The third-order valence-corrected chi connectivity index (χ3v) is 2.76. The molecule has 118 valence electrons. The van der Waals surface area contributed by atoms with E-state index in [4.69, 9.17) is 0 Å². The van der Waals surface area contributed by atoms with Gasteiger partial charge in [-0.15, -0.1) is 6.58 Å². The van der Waals surface area contributed by atoms with E-state index < -0.39 is 0 Å². The van der Waals surface area contributed by atoms with Crippen LogP contribution < -0.4 is 16.0 Å². The number of amides is 2. The molecule has 0 fully saturated rings. The number of anilines is 3. The highest BCUT2D eigenvalue weighted by Crippen LogP contribution is 2.19. The summed E-state index contributed by atoms with van der Waals surface area (Å²) in [5.41, 5.74) is 1.65. The standard InChI is InChI=1S/C16H17N5O2/c1-3-7-17-16(23)14-9-15(19-10-18-14)21-13-6-4-5-12(8-13)20-11(2)22/h3-6,8-10H,1,7H2,2H3,(H,17,23)(H,20,22)(H,18,19,21). The number of benzene rings is 1. The second-order valence-corrected chi connectivity index (χ2v) is 4.67. The van der Waals surface area contributed by atoms with E-state index in [1.807, 2.05) is 6.07 Å². The van der Waals surface area contributed by atoms with E-state index in [0.29, 0.717) is 18.1 Å². The van der Waals surface area contributed by atoms with Crippen LogP contribution in [0.25, 0.3) is 0 Å². The van der Waals surface area contributed by atoms with Gasteiger partial charge in [-0.25, -0.2) is 9.97 Å². The summed E-state index contributed by atoms with van der Waals surface area (Å²) in [4.78, 5) is 31.0. The number of hydrogen-bond donors (Lipinski definition) is 3. The number of rotatable bonds is 6. The molecule has 23 heavy (non-hydrogen) atoms. The molecule has 1 aromatic carbocycles. The second-order valence-electron chi connectivity index (χ2n) is 4.67. The molecule has 1 aromatic heterocycles. The van der Waals surface area contributed by atoms with Gasteiger partial charge in [-0.3, -0.25) is 9.59 Å². The van der Waals surface area contributed by atoms with Crippen LogP contribution in [-0.4, -0.2) is 28.3 Å². The third kappa shape index (κ3) is 4.92. The SMILES string of the molecule is C=CCNC(=O)c1cc(Nc2cccc(NC(C)=O)c2)ncn1. The monoisotopic (exact) mass is 311 g/mol. The Balaban J connectivity index is 2.12. The van der Waals surface area contributed by atoms with Crippen LogP contribution in [0, 0.1) is 0 Å². The second kappa shape index (κ2) is 7.69. The first-order valence-corrected chi connectivity index (χ1v) is 6.94. The van der Waals surface area contributed by atoms with Gasteiger partial charge in [0.2, 0.25) is 5.91 Å². The number of carbonyl (C=O) groups is 2. The van der Waals surface area contributed by atoms with Gasteiger partial charge < -0.3 is 16.0 Å². The molecule has 2 aromatic rings. The fourth-order valence-corrected chi connectivity index (χ4v) is 1.83. The third-order valence-electron chi connectivity index (χ3n) is 2.76. The zero-order valence-corrected chi connectivity index (χ0v) is 12.7. The maximum atomic E-state index is 11.9. The van der Waals surface area contributed by atoms with E-state index >= 15 is 0 Å². The molecular formula is C16H17N5O2. The van der Waals surface area contributed by atoms with Crippen molar-refractivity contribution >= 4 is 29.0 Å². The van der Waals surface area contributed by atoms with Gasteiger partial charge in [-0.2, -0.15) is 0 Å². The lowest BCUT2D eigenvalue weighted by molar-refractivity contribution is -0.114. The average Bonchev–Trinajstić information content (AvgIpc) is 2.52. The largest absolute Gasteiger partial charge is 0.347 e. The minimum Gasteiger partial charge on any atom is -0.347 e. The Morgan fingerprint density at radius 1 is 1.22 bits per heavy atom. The van der Waals surface area contributed by atoms with E-state index in [1.165, 1.54) is 13.3 Å². The van der Waals surface area contributed by atoms with Crippen LogP contribution >= 0.6 is 0 Å². The highest BCUT2D eigenvalue weighted by Gasteiger charge is 2.08. The molecule has 1 heterocycles. The van der Waals surface area contributed by atoms with Crippen LogP contribution in [0.4, 0.5) is 17.2 Å². The summed E-state index contributed by atoms with van der Waals surface area (Å²) in [5.74, 6) is 0.0245. The first-order valence-electron chi connectivity index (χ1n) is 6.94. The first kappa shape index (κ1) is 16.2. The maximum absolute atomic E-state index is 11.9. The smallest absolute Gasteiger partial charge is 0.270 e. The van der Waals surface area contributed by atoms with Crippen molar-refractivity contribution in [3.63, 3.8) is 0 Å². The predicted octanol–water partition coefficient (Wildman–Crippen LogP) is 2.09. The van der Waals surface area contributed by atoms with Gasteiger partial charge >= 0.3 is 0 Å². The van der Waals surface area contributed by atoms with Crippen molar-refractivity contribution < 1.29 is 9.59 Å². The van der Waals surface area contributed by atoms with Crippen LogP contribution in [0.2, 0.25) is 0 Å². The predicted molar refractivity (Wildman–Crippen MR) is 88.6 cm³/mol. The zero-order chi connectivity index (χ0) is 16.7. The highest BCUT2D eigenvalue weighted by molar-refractivity contribution is 5.93. The lowest BCUT2D eigenvalue weighted by atomic mass is 10.2. The summed E-state index contributed by atoms with van der Waals surface area (Å²) in [7, 11) is 0. The Labute approximate surface area is 133 Å². The minimum atomic E-state index is -0.303. The van der Waals surface area contributed by atoms with Gasteiger partial charge in [0.05, 0.1) is 0 Å². The van der Waals surface area contributed by atoms with Crippen molar-refractivity contribution in [2.75, 3.05) is 17.2 Å². The van der Waals surface area contributed by atoms with Crippen molar-refractivity contribution in [1.29, 1.82) is 0 Å². The van der Waals surface area contributed by atoms with Crippen molar-refractivity contribution in [2.45, 2.75) is 6.92 Å². The Morgan fingerprint density at radius 2 is 2.00 bits per heavy atom. The average molecular weight is 311 g/mol.